The van der Waals surface area contributed by atoms with Gasteiger partial charge in [-0.05, 0) is 48.9 Å². The van der Waals surface area contributed by atoms with Gasteiger partial charge in [0, 0.05) is 24.2 Å². The van der Waals surface area contributed by atoms with Crippen LogP contribution in [0.1, 0.15) is 24.5 Å². The third-order valence-electron chi connectivity index (χ3n) is 5.52. The molecule has 27 heavy (non-hydrogen) atoms. The lowest BCUT2D eigenvalue weighted by Gasteiger charge is -2.50. The zero-order chi connectivity index (χ0) is 19.6. The molecule has 0 aliphatic carbocycles. The van der Waals surface area contributed by atoms with Gasteiger partial charge in [-0.3, -0.25) is 19.0 Å². The Bertz CT molecular complexity index is 904. The lowest BCUT2D eigenvalue weighted by molar-refractivity contribution is -0.0444. The van der Waals surface area contributed by atoms with E-state index < -0.39 is 16.5 Å². The normalized spacial score (nSPS) is 28.3. The van der Waals surface area contributed by atoms with Gasteiger partial charge in [0.15, 0.2) is 0 Å². The van der Waals surface area contributed by atoms with Gasteiger partial charge in [-0.15, -0.1) is 6.58 Å². The topological polar surface area (TPSA) is 111 Å². The van der Waals surface area contributed by atoms with Crippen molar-refractivity contribution < 1.29 is 22.6 Å². The Balaban J connectivity index is 0.000000376. The molecule has 3 aliphatic heterocycles. The average molecular weight is 392 g/mol. The molecule has 7 nitrogen and oxygen atoms in total. The first kappa shape index (κ1) is 19.9. The third-order valence-corrected chi connectivity index (χ3v) is 5.52. The molecule has 4 heterocycles. The number of fused-ring (bicyclic) bond motifs is 4. The molecular formula is C19H24N2O5S. The number of rotatable bonds is 3. The highest BCUT2D eigenvalue weighted by molar-refractivity contribution is 7.79. The molecule has 2 aromatic rings. The molecule has 3 aliphatic rings. The molecule has 1 aromatic heterocycles. The molecule has 146 valence electrons. The minimum atomic E-state index is -4.67. The maximum atomic E-state index is 11.0. The van der Waals surface area contributed by atoms with Gasteiger partial charge >= 0.3 is 10.4 Å². The minimum Gasteiger partial charge on any atom is -0.387 e. The van der Waals surface area contributed by atoms with Crippen LogP contribution in [0, 0.1) is 11.8 Å². The fourth-order valence-electron chi connectivity index (χ4n) is 4.29. The first-order chi connectivity index (χ1) is 12.8. The van der Waals surface area contributed by atoms with E-state index in [1.54, 1.807) is 0 Å². The second kappa shape index (κ2) is 8.04. The summed E-state index contributed by atoms with van der Waals surface area (Å²) < 4.78 is 31.6. The van der Waals surface area contributed by atoms with Crippen molar-refractivity contribution >= 4 is 21.3 Å². The van der Waals surface area contributed by atoms with Crippen LogP contribution in [-0.4, -0.2) is 51.6 Å². The van der Waals surface area contributed by atoms with Crippen molar-refractivity contribution in [2.45, 2.75) is 25.0 Å². The summed E-state index contributed by atoms with van der Waals surface area (Å²) >= 11 is 0. The van der Waals surface area contributed by atoms with E-state index in [0.717, 1.165) is 36.0 Å². The third kappa shape index (κ3) is 4.72. The molecule has 2 bridgehead atoms. The van der Waals surface area contributed by atoms with Gasteiger partial charge < -0.3 is 5.11 Å². The Kier molecular flexibility index (Phi) is 5.92. The number of hydrogen-bond donors (Lipinski definition) is 3. The second-order valence-corrected chi connectivity index (χ2v) is 7.95. The molecule has 1 aromatic carbocycles. The van der Waals surface area contributed by atoms with Crippen molar-refractivity contribution in [3.05, 3.63) is 54.7 Å². The van der Waals surface area contributed by atoms with Gasteiger partial charge in [0.2, 0.25) is 0 Å². The summed E-state index contributed by atoms with van der Waals surface area (Å²) in [5.74, 6) is 1.27. The first-order valence-corrected chi connectivity index (χ1v) is 10.3. The average Bonchev–Trinajstić information content (AvgIpc) is 2.66. The molecule has 8 heteroatoms. The molecule has 0 amide bonds. The largest absolute Gasteiger partial charge is 0.394 e. The van der Waals surface area contributed by atoms with E-state index in [-0.39, 0.29) is 6.04 Å². The predicted molar refractivity (Wildman–Crippen MR) is 103 cm³/mol. The second-order valence-electron chi connectivity index (χ2n) is 7.06. The highest BCUT2D eigenvalue weighted by Crippen LogP contribution is 2.41. The number of nitrogens with zero attached hydrogens (tertiary/aromatic N) is 2. The molecule has 3 fully saturated rings. The van der Waals surface area contributed by atoms with Crippen LogP contribution in [0.3, 0.4) is 0 Å². The minimum absolute atomic E-state index is 0.223. The Labute approximate surface area is 158 Å². The summed E-state index contributed by atoms with van der Waals surface area (Å²) in [4.78, 5) is 6.86. The molecule has 0 spiro atoms. The van der Waals surface area contributed by atoms with Crippen LogP contribution in [0.15, 0.2) is 49.2 Å². The Hall–Kier alpha value is -1.84. The van der Waals surface area contributed by atoms with Gasteiger partial charge in [-0.25, -0.2) is 0 Å². The molecule has 3 N–H and O–H groups in total. The van der Waals surface area contributed by atoms with Crippen LogP contribution >= 0.6 is 0 Å². The van der Waals surface area contributed by atoms with Gasteiger partial charge in [0.25, 0.3) is 0 Å². The monoisotopic (exact) mass is 392 g/mol. The van der Waals surface area contributed by atoms with Crippen molar-refractivity contribution in [1.29, 1.82) is 0 Å². The van der Waals surface area contributed by atoms with E-state index in [1.165, 1.54) is 6.42 Å². The molecule has 3 saturated heterocycles. The number of piperidine rings is 3. The molecule has 0 radical (unpaired) electrons. The van der Waals surface area contributed by atoms with Crippen molar-refractivity contribution in [1.82, 2.24) is 9.88 Å². The SMILES string of the molecule is C=C[C@H]1CN2CC[C@H]1C[C@@H]2[C@H](O)c1ccnc2ccccc12.O=S(=O)(O)O. The number of para-hydroxylation sites is 1. The van der Waals surface area contributed by atoms with Crippen molar-refractivity contribution in [3.8, 4) is 0 Å². The van der Waals surface area contributed by atoms with E-state index in [1.807, 2.05) is 30.5 Å². The van der Waals surface area contributed by atoms with Crippen LogP contribution in [0.4, 0.5) is 0 Å². The van der Waals surface area contributed by atoms with E-state index in [2.05, 4.69) is 28.6 Å². The summed E-state index contributed by atoms with van der Waals surface area (Å²) in [6.45, 7) is 6.11. The number of aliphatic hydroxyl groups is 1. The molecule has 5 atom stereocenters. The van der Waals surface area contributed by atoms with E-state index in [0.29, 0.717) is 11.8 Å². The number of benzene rings is 1. The van der Waals surface area contributed by atoms with Crippen molar-refractivity contribution in [3.63, 3.8) is 0 Å². The highest BCUT2D eigenvalue weighted by Gasteiger charge is 2.42. The first-order valence-electron chi connectivity index (χ1n) is 8.86. The number of hydrogen-bond acceptors (Lipinski definition) is 5. The number of pyridine rings is 1. The summed E-state index contributed by atoms with van der Waals surface area (Å²) in [5.41, 5.74) is 1.97. The Morgan fingerprint density at radius 3 is 2.59 bits per heavy atom. The molecular weight excluding hydrogens is 368 g/mol. The van der Waals surface area contributed by atoms with Gasteiger partial charge in [0.05, 0.1) is 11.6 Å². The van der Waals surface area contributed by atoms with Gasteiger partial charge in [-0.2, -0.15) is 8.42 Å². The van der Waals surface area contributed by atoms with Crippen LogP contribution in [-0.2, 0) is 10.4 Å². The molecule has 1 unspecified atom stereocenters. The number of aromatic nitrogens is 1. The fraction of sp³-hybridized carbons (Fsp3) is 0.421. The quantitative estimate of drug-likeness (QED) is 0.544. The maximum absolute atomic E-state index is 11.0. The van der Waals surface area contributed by atoms with Crippen LogP contribution in [0.25, 0.3) is 10.9 Å². The van der Waals surface area contributed by atoms with E-state index >= 15 is 0 Å². The van der Waals surface area contributed by atoms with E-state index in [9.17, 15) is 5.11 Å². The molecule has 5 rings (SSSR count). The standard InChI is InChI=1S/C19H22N2O.H2O4S/c1-2-13-12-21-10-8-14(13)11-18(21)19(22)16-7-9-20-17-6-4-3-5-15(16)17;1-5(2,3)4/h2-7,9,13-14,18-19,22H,1,8,10-12H2;(H2,1,2,3,4)/t13-,14-,18+,19+;/m0./s1. The molecule has 0 saturated carbocycles. The Morgan fingerprint density at radius 2 is 1.96 bits per heavy atom. The maximum Gasteiger partial charge on any atom is 0.394 e. The van der Waals surface area contributed by atoms with Crippen molar-refractivity contribution in [2.75, 3.05) is 13.1 Å². The van der Waals surface area contributed by atoms with Gasteiger partial charge in [-0.1, -0.05) is 24.3 Å². The summed E-state index contributed by atoms with van der Waals surface area (Å²) in [5, 5.41) is 12.1. The van der Waals surface area contributed by atoms with Crippen LogP contribution in [0.2, 0.25) is 0 Å². The summed E-state index contributed by atoms with van der Waals surface area (Å²) in [6, 6.07) is 10.3. The highest BCUT2D eigenvalue weighted by atomic mass is 32.3. The lowest BCUT2D eigenvalue weighted by Crippen LogP contribution is -2.54. The van der Waals surface area contributed by atoms with Crippen LogP contribution in [0.5, 0.6) is 0 Å². The van der Waals surface area contributed by atoms with Crippen LogP contribution < -0.4 is 0 Å². The fourth-order valence-corrected chi connectivity index (χ4v) is 4.29. The Morgan fingerprint density at radius 1 is 1.26 bits per heavy atom. The number of aliphatic hydroxyl groups excluding tert-OH is 1. The zero-order valence-electron chi connectivity index (χ0n) is 14.8. The summed E-state index contributed by atoms with van der Waals surface area (Å²) in [7, 11) is -4.67. The predicted octanol–water partition coefficient (Wildman–Crippen LogP) is 2.51. The smallest absolute Gasteiger partial charge is 0.387 e. The zero-order valence-corrected chi connectivity index (χ0v) is 15.7. The van der Waals surface area contributed by atoms with Crippen molar-refractivity contribution in [2.24, 2.45) is 11.8 Å². The van der Waals surface area contributed by atoms with Gasteiger partial charge in [0.1, 0.15) is 0 Å². The van der Waals surface area contributed by atoms with E-state index in [4.69, 9.17) is 17.5 Å². The summed E-state index contributed by atoms with van der Waals surface area (Å²) in [6.07, 6.45) is 5.76. The lowest BCUT2D eigenvalue weighted by atomic mass is 9.73.